The number of imide groups is 1. The summed E-state index contributed by atoms with van der Waals surface area (Å²) < 4.78 is 5.79. The lowest BCUT2D eigenvalue weighted by Gasteiger charge is -2.28. The molecule has 3 fully saturated rings. The van der Waals surface area contributed by atoms with Crippen LogP contribution < -0.4 is 9.64 Å². The number of ether oxygens (including phenoxy) is 1. The lowest BCUT2D eigenvalue weighted by molar-refractivity contribution is -0.123. The van der Waals surface area contributed by atoms with Gasteiger partial charge in [0.2, 0.25) is 11.8 Å². The molecule has 0 N–H and O–H groups in total. The van der Waals surface area contributed by atoms with Crippen molar-refractivity contribution in [3.8, 4) is 11.5 Å². The topological polar surface area (TPSA) is 46.6 Å². The molecule has 7 heteroatoms. The molecule has 0 spiro atoms. The van der Waals surface area contributed by atoms with E-state index < -0.39 is 0 Å². The third-order valence-corrected chi connectivity index (χ3v) is 9.59. The second-order valence-electron chi connectivity index (χ2n) is 7.57. The van der Waals surface area contributed by atoms with Gasteiger partial charge < -0.3 is 4.74 Å². The van der Waals surface area contributed by atoms with E-state index in [0.717, 1.165) is 6.42 Å². The van der Waals surface area contributed by atoms with Crippen LogP contribution >= 0.6 is 43.5 Å². The summed E-state index contributed by atoms with van der Waals surface area (Å²) in [6.07, 6.45) is 0.931. The minimum atomic E-state index is -0.208. The molecule has 1 saturated heterocycles. The molecule has 0 unspecified atom stereocenters. The van der Waals surface area contributed by atoms with Crippen LogP contribution in [-0.2, 0) is 9.59 Å². The average molecular weight is 526 g/mol. The first-order chi connectivity index (χ1) is 13.5. The van der Waals surface area contributed by atoms with Crippen LogP contribution in [0.1, 0.15) is 6.42 Å². The zero-order chi connectivity index (χ0) is 19.6. The van der Waals surface area contributed by atoms with Crippen LogP contribution in [0.3, 0.4) is 0 Å². The quantitative estimate of drug-likeness (QED) is 0.398. The first-order valence-corrected chi connectivity index (χ1v) is 11.4. The summed E-state index contributed by atoms with van der Waals surface area (Å²) in [6, 6.07) is 14.2. The van der Waals surface area contributed by atoms with E-state index in [1.165, 1.54) is 4.90 Å². The van der Waals surface area contributed by atoms with Crippen LogP contribution in [-0.4, -0.2) is 21.5 Å². The van der Waals surface area contributed by atoms with E-state index in [9.17, 15) is 9.59 Å². The molecule has 2 aromatic rings. The number of rotatable bonds is 3. The van der Waals surface area contributed by atoms with Gasteiger partial charge in [-0.1, -0.05) is 43.5 Å². The van der Waals surface area contributed by atoms with Gasteiger partial charge in [-0.05, 0) is 66.8 Å². The molecular weight excluding hydrogens is 509 g/mol. The number of fused-ring (bicyclic) bond motifs is 5. The van der Waals surface area contributed by atoms with E-state index in [-0.39, 0.29) is 45.1 Å². The Balaban J connectivity index is 1.37. The molecule has 2 aromatic carbocycles. The van der Waals surface area contributed by atoms with Crippen LogP contribution in [0.5, 0.6) is 11.5 Å². The van der Waals surface area contributed by atoms with Gasteiger partial charge in [0.1, 0.15) is 11.5 Å². The maximum atomic E-state index is 13.1. The van der Waals surface area contributed by atoms with E-state index in [2.05, 4.69) is 31.9 Å². The first-order valence-electron chi connectivity index (χ1n) is 9.15. The fourth-order valence-electron chi connectivity index (χ4n) is 4.91. The summed E-state index contributed by atoms with van der Waals surface area (Å²) in [5.41, 5.74) is 0.601. The number of halogens is 3. The van der Waals surface area contributed by atoms with E-state index in [0.29, 0.717) is 22.2 Å². The zero-order valence-corrected chi connectivity index (χ0v) is 18.5. The smallest absolute Gasteiger partial charge is 0.238 e. The van der Waals surface area contributed by atoms with E-state index in [1.54, 1.807) is 48.5 Å². The van der Waals surface area contributed by atoms with Crippen molar-refractivity contribution in [2.45, 2.75) is 16.1 Å². The first kappa shape index (κ1) is 18.6. The minimum Gasteiger partial charge on any atom is -0.457 e. The van der Waals surface area contributed by atoms with Gasteiger partial charge >= 0.3 is 0 Å². The van der Waals surface area contributed by atoms with Gasteiger partial charge in [0.25, 0.3) is 0 Å². The lowest BCUT2D eigenvalue weighted by Crippen LogP contribution is -2.37. The van der Waals surface area contributed by atoms with Crippen molar-refractivity contribution >= 4 is 61.0 Å². The van der Waals surface area contributed by atoms with Gasteiger partial charge in [-0.2, -0.15) is 0 Å². The number of hydrogen-bond donors (Lipinski definition) is 0. The fraction of sp³-hybridized carbons (Fsp3) is 0.333. The molecule has 0 radical (unpaired) electrons. The predicted octanol–water partition coefficient (Wildman–Crippen LogP) is 5.41. The Bertz CT molecular complexity index is 917. The molecule has 6 atom stereocenters. The average Bonchev–Trinajstić information content (AvgIpc) is 3.29. The SMILES string of the molecule is O=C1[C@@H]2[C@H]3C[C@H]([C@H](Br)[C@@H]3Br)[C@@H]2C(=O)N1c1ccc(Oc2ccc(Cl)cc2)cc1. The maximum absolute atomic E-state index is 13.1. The highest BCUT2D eigenvalue weighted by Crippen LogP contribution is 2.60. The summed E-state index contributed by atoms with van der Waals surface area (Å²) in [5.74, 6) is 1.17. The van der Waals surface area contributed by atoms with Crippen LogP contribution in [0.25, 0.3) is 0 Å². The Morgan fingerprint density at radius 1 is 0.821 bits per heavy atom. The van der Waals surface area contributed by atoms with E-state index in [4.69, 9.17) is 16.3 Å². The molecule has 2 aliphatic carbocycles. The summed E-state index contributed by atoms with van der Waals surface area (Å²) >= 11 is 13.3. The molecule has 2 saturated carbocycles. The number of anilines is 1. The Morgan fingerprint density at radius 3 is 1.79 bits per heavy atom. The normalized spacial score (nSPS) is 33.5. The molecule has 2 amide bonds. The summed E-state index contributed by atoms with van der Waals surface area (Å²) in [4.78, 5) is 28.0. The molecule has 3 aliphatic rings. The number of alkyl halides is 2. The molecule has 144 valence electrons. The minimum absolute atomic E-state index is 0.0716. The van der Waals surface area contributed by atoms with E-state index >= 15 is 0 Å². The highest BCUT2D eigenvalue weighted by molar-refractivity contribution is 9.12. The van der Waals surface area contributed by atoms with Crippen molar-refractivity contribution in [2.75, 3.05) is 4.90 Å². The van der Waals surface area contributed by atoms with Crippen molar-refractivity contribution in [3.05, 3.63) is 53.6 Å². The number of benzene rings is 2. The molecule has 28 heavy (non-hydrogen) atoms. The van der Waals surface area contributed by atoms with Crippen molar-refractivity contribution in [2.24, 2.45) is 23.7 Å². The second-order valence-corrected chi connectivity index (χ2v) is 10.1. The number of nitrogens with zero attached hydrogens (tertiary/aromatic N) is 1. The third-order valence-electron chi connectivity index (χ3n) is 6.13. The van der Waals surface area contributed by atoms with Crippen LogP contribution in [0.4, 0.5) is 5.69 Å². The summed E-state index contributed by atoms with van der Waals surface area (Å²) in [6.45, 7) is 0. The molecule has 0 aromatic heterocycles. The number of amides is 2. The van der Waals surface area contributed by atoms with Crippen LogP contribution in [0, 0.1) is 23.7 Å². The molecule has 2 bridgehead atoms. The summed E-state index contributed by atoms with van der Waals surface area (Å²) in [7, 11) is 0. The lowest BCUT2D eigenvalue weighted by atomic mass is 9.81. The third kappa shape index (κ3) is 2.76. The second kappa shape index (κ2) is 6.85. The van der Waals surface area contributed by atoms with E-state index in [1.807, 2.05) is 0 Å². The highest BCUT2D eigenvalue weighted by Gasteiger charge is 2.66. The van der Waals surface area contributed by atoms with Crippen molar-refractivity contribution in [3.63, 3.8) is 0 Å². The molecule has 4 nitrogen and oxygen atoms in total. The van der Waals surface area contributed by atoms with Gasteiger partial charge in [0.05, 0.1) is 17.5 Å². The Morgan fingerprint density at radius 2 is 1.29 bits per heavy atom. The van der Waals surface area contributed by atoms with Gasteiger partial charge in [-0.25, -0.2) is 0 Å². The maximum Gasteiger partial charge on any atom is 0.238 e. The largest absolute Gasteiger partial charge is 0.457 e. The number of carbonyl (C=O) groups is 2. The standard InChI is InChI=1S/C21H16Br2ClNO3/c22-18-14-9-15(19(18)23)17-16(14)20(26)25(21(17)27)11-3-7-13(8-4-11)28-12-5-1-10(24)2-6-12/h1-8,14-19H,9H2/t14-,15+,16-,17+,18-,19+. The van der Waals surface area contributed by atoms with Crippen LogP contribution in [0.15, 0.2) is 48.5 Å². The highest BCUT2D eigenvalue weighted by atomic mass is 79.9. The predicted molar refractivity (Wildman–Crippen MR) is 114 cm³/mol. The van der Waals surface area contributed by atoms with Crippen LogP contribution in [0.2, 0.25) is 5.02 Å². The molecule has 1 aliphatic heterocycles. The van der Waals surface area contributed by atoms with Crippen molar-refractivity contribution < 1.29 is 14.3 Å². The molecule has 5 rings (SSSR count). The number of hydrogen-bond acceptors (Lipinski definition) is 3. The number of carbonyl (C=O) groups excluding carboxylic acids is 2. The zero-order valence-electron chi connectivity index (χ0n) is 14.6. The molecule has 1 heterocycles. The van der Waals surface area contributed by atoms with Crippen molar-refractivity contribution in [1.82, 2.24) is 0 Å². The van der Waals surface area contributed by atoms with Gasteiger partial charge in [0.15, 0.2) is 0 Å². The van der Waals surface area contributed by atoms with Gasteiger partial charge in [-0.15, -0.1) is 0 Å². The van der Waals surface area contributed by atoms with Gasteiger partial charge in [0, 0.05) is 14.7 Å². The Kier molecular flexibility index (Phi) is 4.56. The molecular formula is C21H16Br2ClNO3. The van der Waals surface area contributed by atoms with Crippen molar-refractivity contribution in [1.29, 1.82) is 0 Å². The Labute approximate surface area is 184 Å². The summed E-state index contributed by atoms with van der Waals surface area (Å²) in [5, 5.41) is 0.643. The monoisotopic (exact) mass is 523 g/mol. The fourth-order valence-corrected chi connectivity index (χ4v) is 6.90. The van der Waals surface area contributed by atoms with Gasteiger partial charge in [-0.3, -0.25) is 14.5 Å². The Hall–Kier alpha value is -1.37.